The monoisotopic (exact) mass is 194 g/mol. The van der Waals surface area contributed by atoms with E-state index in [9.17, 15) is 0 Å². The van der Waals surface area contributed by atoms with Gasteiger partial charge in [0.15, 0.2) is 0 Å². The van der Waals surface area contributed by atoms with Crippen LogP contribution in [0, 0.1) is 35.5 Å². The maximum Gasteiger partial charge on any atom is -0.0331 e. The molecule has 1 saturated carbocycles. The molecule has 2 radical (unpaired) electrons. The van der Waals surface area contributed by atoms with Gasteiger partial charge in [-0.15, -0.1) is 0 Å². The van der Waals surface area contributed by atoms with Gasteiger partial charge in [0.1, 0.15) is 0 Å². The van der Waals surface area contributed by atoms with Gasteiger partial charge >= 0.3 is 0 Å². The fourth-order valence-electron chi connectivity index (χ4n) is 2.23. The quantitative estimate of drug-likeness (QED) is 0.532. The van der Waals surface area contributed by atoms with Gasteiger partial charge in [-0.2, -0.15) is 0 Å². The lowest BCUT2D eigenvalue weighted by molar-refractivity contribution is 0.183. The van der Waals surface area contributed by atoms with Crippen LogP contribution in [0.15, 0.2) is 0 Å². The summed E-state index contributed by atoms with van der Waals surface area (Å²) in [6.45, 7) is 14.1. The second-order valence-corrected chi connectivity index (χ2v) is 6.89. The van der Waals surface area contributed by atoms with Gasteiger partial charge in [0, 0.05) is 0 Å². The van der Waals surface area contributed by atoms with Gasteiger partial charge in [-0.3, -0.25) is 0 Å². The zero-order valence-corrected chi connectivity index (χ0v) is 10.7. The summed E-state index contributed by atoms with van der Waals surface area (Å²) in [4.78, 5) is 0. The Kier molecular flexibility index (Phi) is 3.33. The van der Waals surface area contributed by atoms with E-state index in [0.29, 0.717) is 10.8 Å². The van der Waals surface area contributed by atoms with Crippen LogP contribution < -0.4 is 0 Å². The molecule has 14 heavy (non-hydrogen) atoms. The van der Waals surface area contributed by atoms with Crippen molar-refractivity contribution in [2.75, 3.05) is 0 Å². The first-order valence-corrected chi connectivity index (χ1v) is 5.88. The van der Waals surface area contributed by atoms with E-state index < -0.39 is 0 Å². The Morgan fingerprint density at radius 1 is 0.714 bits per heavy atom. The zero-order chi connectivity index (χ0) is 11.0. The van der Waals surface area contributed by atoms with Gasteiger partial charge in [-0.1, -0.05) is 41.5 Å². The van der Waals surface area contributed by atoms with Crippen molar-refractivity contribution in [2.45, 2.75) is 54.4 Å². The molecule has 1 rings (SSSR count). The smallest absolute Gasteiger partial charge is 0.0331 e. The average molecular weight is 194 g/mol. The molecule has 0 aromatic rings. The number of hydrogen-bond acceptors (Lipinski definition) is 0. The van der Waals surface area contributed by atoms with Crippen molar-refractivity contribution in [1.82, 2.24) is 0 Å². The summed E-state index contributed by atoms with van der Waals surface area (Å²) in [7, 11) is 0. The van der Waals surface area contributed by atoms with Crippen LogP contribution in [0.3, 0.4) is 0 Å². The summed E-state index contributed by atoms with van der Waals surface area (Å²) < 4.78 is 0. The first-order valence-electron chi connectivity index (χ1n) is 5.88. The Labute approximate surface area is 90.5 Å². The molecule has 2 unspecified atom stereocenters. The van der Waals surface area contributed by atoms with E-state index in [1.165, 1.54) is 12.8 Å². The number of rotatable bonds is 0. The standard InChI is InChI=1S/C14H26/c1-13(2,3)11-7-9-12(10-8-11)14(4,5)6/h7,10-12H,8-9H2,1-6H3. The lowest BCUT2D eigenvalue weighted by Crippen LogP contribution is -2.31. The highest BCUT2D eigenvalue weighted by Crippen LogP contribution is 2.43. The molecule has 0 aromatic carbocycles. The summed E-state index contributed by atoms with van der Waals surface area (Å²) in [5.74, 6) is 1.56. The molecule has 0 bridgehead atoms. The fraction of sp³-hybridized carbons (Fsp3) is 0.857. The zero-order valence-electron chi connectivity index (χ0n) is 10.7. The molecule has 0 amide bonds. The van der Waals surface area contributed by atoms with Crippen LogP contribution in [0.1, 0.15) is 54.4 Å². The van der Waals surface area contributed by atoms with Crippen LogP contribution >= 0.6 is 0 Å². The molecule has 0 heterocycles. The van der Waals surface area contributed by atoms with Crippen molar-refractivity contribution in [1.29, 1.82) is 0 Å². The van der Waals surface area contributed by atoms with Crippen LogP contribution in [0.4, 0.5) is 0 Å². The van der Waals surface area contributed by atoms with E-state index in [-0.39, 0.29) is 0 Å². The molecule has 0 aliphatic heterocycles. The molecule has 82 valence electrons. The minimum absolute atomic E-state index is 0.444. The predicted molar refractivity (Wildman–Crippen MR) is 63.7 cm³/mol. The van der Waals surface area contributed by atoms with E-state index >= 15 is 0 Å². The lowest BCUT2D eigenvalue weighted by Gasteiger charge is -2.41. The minimum atomic E-state index is 0.444. The first-order chi connectivity index (χ1) is 6.21. The predicted octanol–water partition coefficient (Wildman–Crippen LogP) is 4.51. The van der Waals surface area contributed by atoms with Gasteiger partial charge in [0.25, 0.3) is 0 Å². The summed E-state index contributed by atoms with van der Waals surface area (Å²) in [5, 5.41) is 0. The van der Waals surface area contributed by atoms with E-state index in [4.69, 9.17) is 0 Å². The van der Waals surface area contributed by atoms with Crippen LogP contribution in [0.5, 0.6) is 0 Å². The Hall–Kier alpha value is 0. The van der Waals surface area contributed by atoms with Crippen molar-refractivity contribution >= 4 is 0 Å². The van der Waals surface area contributed by atoms with Gasteiger partial charge in [-0.05, 0) is 48.3 Å². The maximum absolute atomic E-state index is 2.55. The fourth-order valence-corrected chi connectivity index (χ4v) is 2.23. The van der Waals surface area contributed by atoms with E-state index in [0.717, 1.165) is 11.8 Å². The van der Waals surface area contributed by atoms with Gasteiger partial charge in [-0.25, -0.2) is 0 Å². The number of hydrogen-bond donors (Lipinski definition) is 0. The summed E-state index contributed by atoms with van der Waals surface area (Å²) in [6, 6.07) is 0. The highest BCUT2D eigenvalue weighted by molar-refractivity contribution is 5.01. The van der Waals surface area contributed by atoms with Crippen LogP contribution in [-0.4, -0.2) is 0 Å². The SMILES string of the molecule is CC(C)(C)C1[CH]CC(C(C)(C)C)[CH]C1. The Balaban J connectivity index is 2.47. The summed E-state index contributed by atoms with van der Waals surface area (Å²) in [6.07, 6.45) is 7.64. The lowest BCUT2D eigenvalue weighted by atomic mass is 9.64. The van der Waals surface area contributed by atoms with Crippen molar-refractivity contribution in [2.24, 2.45) is 22.7 Å². The van der Waals surface area contributed by atoms with E-state index in [1.807, 2.05) is 0 Å². The molecule has 0 spiro atoms. The van der Waals surface area contributed by atoms with Crippen LogP contribution in [0.2, 0.25) is 0 Å². The van der Waals surface area contributed by atoms with Crippen LogP contribution in [-0.2, 0) is 0 Å². The summed E-state index contributed by atoms with van der Waals surface area (Å²) >= 11 is 0. The van der Waals surface area contributed by atoms with Gasteiger partial charge < -0.3 is 0 Å². The molecule has 0 saturated heterocycles. The molecule has 0 heteroatoms. The average Bonchev–Trinajstić information content (AvgIpc) is 2.01. The van der Waals surface area contributed by atoms with Gasteiger partial charge in [0.05, 0.1) is 0 Å². The molecule has 2 atom stereocenters. The van der Waals surface area contributed by atoms with E-state index in [1.54, 1.807) is 0 Å². The molecular formula is C14H26. The molecule has 0 aromatic heterocycles. The second kappa shape index (κ2) is 3.87. The molecular weight excluding hydrogens is 168 g/mol. The van der Waals surface area contributed by atoms with Crippen LogP contribution in [0.25, 0.3) is 0 Å². The van der Waals surface area contributed by atoms with Crippen molar-refractivity contribution < 1.29 is 0 Å². The molecule has 0 nitrogen and oxygen atoms in total. The Morgan fingerprint density at radius 2 is 1.00 bits per heavy atom. The van der Waals surface area contributed by atoms with Crippen molar-refractivity contribution in [3.8, 4) is 0 Å². The Bertz CT molecular complexity index is 147. The van der Waals surface area contributed by atoms with E-state index in [2.05, 4.69) is 54.4 Å². The van der Waals surface area contributed by atoms with Gasteiger partial charge in [0.2, 0.25) is 0 Å². The largest absolute Gasteiger partial charge is 0.0599 e. The molecule has 1 fully saturated rings. The Morgan fingerprint density at radius 3 is 1.14 bits per heavy atom. The van der Waals surface area contributed by atoms with Crippen molar-refractivity contribution in [3.63, 3.8) is 0 Å². The topological polar surface area (TPSA) is 0 Å². The molecule has 1 aliphatic rings. The molecule has 1 aliphatic carbocycles. The normalized spacial score (nSPS) is 30.4. The van der Waals surface area contributed by atoms with Crippen molar-refractivity contribution in [3.05, 3.63) is 12.8 Å². The maximum atomic E-state index is 2.55. The summed E-state index contributed by atoms with van der Waals surface area (Å²) in [5.41, 5.74) is 0.888. The second-order valence-electron chi connectivity index (χ2n) is 6.89. The third-order valence-corrected chi connectivity index (χ3v) is 3.57. The third kappa shape index (κ3) is 3.00. The molecule has 0 N–H and O–H groups in total. The third-order valence-electron chi connectivity index (χ3n) is 3.57. The highest BCUT2D eigenvalue weighted by Gasteiger charge is 2.34. The minimum Gasteiger partial charge on any atom is -0.0599 e. The first kappa shape index (κ1) is 12.1. The highest BCUT2D eigenvalue weighted by atomic mass is 14.4.